The molecule has 124 valence electrons. The standard InChI is InChI=1S/C15H25N2O4P/c1-10-12(19)15(2,7-9-22(3,4)5)21-13(10)17-8-6-11(18)16-14(17)20/h6,8,10,12-13,19H,3,7,9H2,1-2,4-5H3,(H,16,18,20)/t10-,12+,13?,15-/m1/s1. The van der Waals surface area contributed by atoms with E-state index in [9.17, 15) is 14.7 Å². The average Bonchev–Trinajstić information content (AvgIpc) is 2.61. The topological polar surface area (TPSA) is 84.3 Å². The Kier molecular flexibility index (Phi) is 4.58. The van der Waals surface area contributed by atoms with Crippen LogP contribution in [0, 0.1) is 5.92 Å². The zero-order valence-corrected chi connectivity index (χ0v) is 14.5. The zero-order valence-electron chi connectivity index (χ0n) is 13.6. The Labute approximate surface area is 130 Å². The molecule has 1 unspecified atom stereocenters. The summed E-state index contributed by atoms with van der Waals surface area (Å²) in [7, 11) is 0. The van der Waals surface area contributed by atoms with E-state index in [1.807, 2.05) is 13.8 Å². The number of H-pyrrole nitrogens is 1. The molecular weight excluding hydrogens is 303 g/mol. The van der Waals surface area contributed by atoms with Crippen LogP contribution in [0.1, 0.15) is 26.5 Å². The first-order chi connectivity index (χ1) is 10.0. The van der Waals surface area contributed by atoms with E-state index in [0.717, 1.165) is 6.16 Å². The molecule has 0 spiro atoms. The van der Waals surface area contributed by atoms with Gasteiger partial charge in [-0.3, -0.25) is 14.3 Å². The van der Waals surface area contributed by atoms with Gasteiger partial charge in [-0.1, -0.05) is 6.92 Å². The van der Waals surface area contributed by atoms with Crippen LogP contribution in [0.15, 0.2) is 21.9 Å². The van der Waals surface area contributed by atoms with Crippen LogP contribution in [0.2, 0.25) is 0 Å². The van der Waals surface area contributed by atoms with Crippen LogP contribution >= 0.6 is 6.89 Å². The highest BCUT2D eigenvalue weighted by molar-refractivity contribution is 7.72. The maximum absolute atomic E-state index is 11.9. The molecule has 1 saturated heterocycles. The maximum Gasteiger partial charge on any atom is 0.330 e. The number of aliphatic hydroxyl groups is 1. The number of rotatable bonds is 4. The van der Waals surface area contributed by atoms with Crippen LogP contribution in [-0.4, -0.2) is 52.2 Å². The lowest BCUT2D eigenvalue weighted by molar-refractivity contribution is -0.0935. The molecule has 6 nitrogen and oxygen atoms in total. The Bertz CT molecular complexity index is 704. The number of nitrogens with one attached hydrogen (secondary N) is 1. The molecule has 0 amide bonds. The van der Waals surface area contributed by atoms with Gasteiger partial charge in [-0.15, -0.1) is 13.2 Å². The van der Waals surface area contributed by atoms with Gasteiger partial charge >= 0.3 is 5.69 Å². The molecule has 1 aromatic heterocycles. The molecule has 1 aromatic rings. The van der Waals surface area contributed by atoms with Gasteiger partial charge in [0.15, 0.2) is 0 Å². The van der Waals surface area contributed by atoms with Crippen LogP contribution < -0.4 is 11.2 Å². The third-order valence-corrected chi connectivity index (χ3v) is 5.74. The summed E-state index contributed by atoms with van der Waals surface area (Å²) in [4.78, 5) is 25.4. The molecule has 4 atom stereocenters. The van der Waals surface area contributed by atoms with Crippen molar-refractivity contribution >= 4 is 13.2 Å². The van der Waals surface area contributed by atoms with Gasteiger partial charge in [0, 0.05) is 18.2 Å². The van der Waals surface area contributed by atoms with Gasteiger partial charge in [-0.05, 0) is 32.8 Å². The normalized spacial score (nSPS) is 32.3. The summed E-state index contributed by atoms with van der Waals surface area (Å²) in [5.41, 5.74) is -1.68. The van der Waals surface area contributed by atoms with E-state index in [4.69, 9.17) is 4.74 Å². The molecule has 2 rings (SSSR count). The SMILES string of the molecule is C=P(C)(C)CC[C@@]1(C)OC(n2ccc(=O)[nH]c2=O)[C@H](C)[C@@H]1O. The van der Waals surface area contributed by atoms with Crippen molar-refractivity contribution in [2.75, 3.05) is 19.5 Å². The molecule has 2 N–H and O–H groups in total. The van der Waals surface area contributed by atoms with Gasteiger partial charge in [0.2, 0.25) is 0 Å². The maximum atomic E-state index is 11.9. The average molecular weight is 328 g/mol. The van der Waals surface area contributed by atoms with E-state index < -0.39 is 36.1 Å². The summed E-state index contributed by atoms with van der Waals surface area (Å²) in [5.74, 6) is -0.250. The fourth-order valence-corrected chi connectivity index (χ4v) is 3.88. The lowest BCUT2D eigenvalue weighted by atomic mass is 9.90. The Hall–Kier alpha value is -1.10. The quantitative estimate of drug-likeness (QED) is 0.805. The Balaban J connectivity index is 2.28. The fourth-order valence-electron chi connectivity index (χ4n) is 2.83. The molecule has 22 heavy (non-hydrogen) atoms. The first-order valence-electron chi connectivity index (χ1n) is 7.38. The fraction of sp³-hybridized carbons (Fsp3) is 0.667. The van der Waals surface area contributed by atoms with E-state index in [0.29, 0.717) is 6.42 Å². The zero-order chi connectivity index (χ0) is 16.7. The molecule has 1 aliphatic heterocycles. The van der Waals surface area contributed by atoms with Crippen molar-refractivity contribution in [3.05, 3.63) is 33.1 Å². The Morgan fingerprint density at radius 3 is 2.68 bits per heavy atom. The van der Waals surface area contributed by atoms with E-state index in [2.05, 4.69) is 24.6 Å². The van der Waals surface area contributed by atoms with Gasteiger partial charge in [0.25, 0.3) is 5.56 Å². The molecule has 7 heteroatoms. The van der Waals surface area contributed by atoms with E-state index in [1.54, 1.807) is 0 Å². The van der Waals surface area contributed by atoms with Gasteiger partial charge in [-0.25, -0.2) is 4.79 Å². The lowest BCUT2D eigenvalue weighted by Gasteiger charge is -2.30. The van der Waals surface area contributed by atoms with Crippen molar-refractivity contribution in [3.63, 3.8) is 0 Å². The molecule has 1 fully saturated rings. The van der Waals surface area contributed by atoms with Crippen LogP contribution in [0.4, 0.5) is 0 Å². The predicted octanol–water partition coefficient (Wildman–Crippen LogP) is 0.920. The van der Waals surface area contributed by atoms with Gasteiger partial charge in [-0.2, -0.15) is 0 Å². The Morgan fingerprint density at radius 2 is 2.14 bits per heavy atom. The van der Waals surface area contributed by atoms with Crippen molar-refractivity contribution in [1.82, 2.24) is 9.55 Å². The van der Waals surface area contributed by atoms with Crippen molar-refractivity contribution in [2.45, 2.75) is 38.2 Å². The minimum absolute atomic E-state index is 0.250. The lowest BCUT2D eigenvalue weighted by Crippen LogP contribution is -2.38. The van der Waals surface area contributed by atoms with Gasteiger partial charge < -0.3 is 9.84 Å². The second kappa shape index (κ2) is 5.84. The summed E-state index contributed by atoms with van der Waals surface area (Å²) in [5, 5.41) is 10.6. The number of aliphatic hydroxyl groups excluding tert-OH is 1. The number of aromatic amines is 1. The van der Waals surface area contributed by atoms with Crippen molar-refractivity contribution < 1.29 is 9.84 Å². The summed E-state index contributed by atoms with van der Waals surface area (Å²) in [6.45, 7) is 6.79. The minimum atomic E-state index is -1.22. The smallest absolute Gasteiger partial charge is 0.330 e. The predicted molar refractivity (Wildman–Crippen MR) is 90.4 cm³/mol. The number of aromatic nitrogens is 2. The first-order valence-corrected chi connectivity index (χ1v) is 10.4. The van der Waals surface area contributed by atoms with E-state index >= 15 is 0 Å². The molecule has 0 bridgehead atoms. The highest BCUT2D eigenvalue weighted by Crippen LogP contribution is 2.46. The largest absolute Gasteiger partial charge is 0.390 e. The monoisotopic (exact) mass is 328 g/mol. The summed E-state index contributed by atoms with van der Waals surface area (Å²) < 4.78 is 7.39. The van der Waals surface area contributed by atoms with Crippen molar-refractivity contribution in [2.24, 2.45) is 5.92 Å². The second-order valence-electron chi connectivity index (χ2n) is 7.05. The number of nitrogens with zero attached hydrogens (tertiary/aromatic N) is 1. The van der Waals surface area contributed by atoms with Crippen molar-refractivity contribution in [3.8, 4) is 0 Å². The second-order valence-corrected chi connectivity index (χ2v) is 11.4. The van der Waals surface area contributed by atoms with E-state index in [1.165, 1.54) is 16.8 Å². The number of ether oxygens (including phenoxy) is 1. The molecule has 0 radical (unpaired) electrons. The third-order valence-electron chi connectivity index (χ3n) is 4.30. The summed E-state index contributed by atoms with van der Waals surface area (Å²) in [6, 6.07) is 1.28. The third kappa shape index (κ3) is 3.45. The van der Waals surface area contributed by atoms with Gasteiger partial charge in [0.1, 0.15) is 6.23 Å². The van der Waals surface area contributed by atoms with Crippen LogP contribution in [-0.2, 0) is 4.74 Å². The van der Waals surface area contributed by atoms with E-state index in [-0.39, 0.29) is 5.92 Å². The molecule has 0 aliphatic carbocycles. The minimum Gasteiger partial charge on any atom is -0.390 e. The van der Waals surface area contributed by atoms with Crippen LogP contribution in [0.3, 0.4) is 0 Å². The highest BCUT2D eigenvalue weighted by atomic mass is 31.2. The summed E-state index contributed by atoms with van der Waals surface area (Å²) in [6.07, 6.45) is 5.93. The molecular formula is C15H25N2O4P. The highest BCUT2D eigenvalue weighted by Gasteiger charge is 2.50. The van der Waals surface area contributed by atoms with Gasteiger partial charge in [0.05, 0.1) is 11.7 Å². The number of hydrogen-bond donors (Lipinski definition) is 2. The molecule has 2 heterocycles. The van der Waals surface area contributed by atoms with Crippen LogP contribution in [0.25, 0.3) is 0 Å². The Morgan fingerprint density at radius 1 is 1.50 bits per heavy atom. The van der Waals surface area contributed by atoms with Crippen LogP contribution in [0.5, 0.6) is 0 Å². The summed E-state index contributed by atoms with van der Waals surface area (Å²) >= 11 is 0. The molecule has 0 saturated carbocycles. The number of hydrogen-bond acceptors (Lipinski definition) is 4. The van der Waals surface area contributed by atoms with Crippen molar-refractivity contribution in [1.29, 1.82) is 0 Å². The molecule has 1 aliphatic rings. The molecule has 0 aromatic carbocycles. The first kappa shape index (κ1) is 17.3.